The SMILES string of the molecule is CC(C)Cc1ccc([C@@H](C)C(=O)N2CCOCC2)cc1. The molecule has 0 radical (unpaired) electrons. The van der Waals surface area contributed by atoms with Crippen molar-refractivity contribution in [2.45, 2.75) is 33.1 Å². The van der Waals surface area contributed by atoms with Gasteiger partial charge in [-0.15, -0.1) is 0 Å². The Hall–Kier alpha value is -1.35. The summed E-state index contributed by atoms with van der Waals surface area (Å²) in [5, 5.41) is 0. The first-order valence-corrected chi connectivity index (χ1v) is 7.53. The molecule has 0 bridgehead atoms. The van der Waals surface area contributed by atoms with Crippen molar-refractivity contribution in [3.63, 3.8) is 0 Å². The maximum atomic E-state index is 12.4. The van der Waals surface area contributed by atoms with Crippen LogP contribution < -0.4 is 0 Å². The molecule has 1 atom stereocenters. The summed E-state index contributed by atoms with van der Waals surface area (Å²) in [6.45, 7) is 9.19. The van der Waals surface area contributed by atoms with E-state index in [0.717, 1.165) is 12.0 Å². The van der Waals surface area contributed by atoms with Crippen LogP contribution in [0.2, 0.25) is 0 Å². The van der Waals surface area contributed by atoms with Crippen LogP contribution in [0, 0.1) is 5.92 Å². The van der Waals surface area contributed by atoms with Crippen molar-refractivity contribution in [2.24, 2.45) is 5.92 Å². The van der Waals surface area contributed by atoms with E-state index >= 15 is 0 Å². The van der Waals surface area contributed by atoms with Gasteiger partial charge in [0.05, 0.1) is 19.1 Å². The molecule has 0 aromatic heterocycles. The van der Waals surface area contributed by atoms with Crippen LogP contribution in [0.15, 0.2) is 24.3 Å². The molecule has 1 aliphatic rings. The predicted octanol–water partition coefficient (Wildman–Crippen LogP) is 2.85. The molecule has 3 heteroatoms. The highest BCUT2D eigenvalue weighted by Gasteiger charge is 2.23. The molecule has 1 amide bonds. The van der Waals surface area contributed by atoms with E-state index < -0.39 is 0 Å². The molecule has 1 aliphatic heterocycles. The van der Waals surface area contributed by atoms with Gasteiger partial charge in [0.1, 0.15) is 0 Å². The van der Waals surface area contributed by atoms with Crippen LogP contribution in [0.25, 0.3) is 0 Å². The van der Waals surface area contributed by atoms with Crippen molar-refractivity contribution in [3.05, 3.63) is 35.4 Å². The fraction of sp³-hybridized carbons (Fsp3) is 0.588. The second kappa shape index (κ2) is 6.89. The largest absolute Gasteiger partial charge is 0.378 e. The molecule has 0 spiro atoms. The molecule has 0 N–H and O–H groups in total. The zero-order valence-electron chi connectivity index (χ0n) is 12.8. The number of hydrogen-bond acceptors (Lipinski definition) is 2. The Labute approximate surface area is 121 Å². The van der Waals surface area contributed by atoms with Crippen LogP contribution in [0.5, 0.6) is 0 Å². The van der Waals surface area contributed by atoms with Gasteiger partial charge >= 0.3 is 0 Å². The Morgan fingerprint density at radius 2 is 1.75 bits per heavy atom. The van der Waals surface area contributed by atoms with Crippen molar-refractivity contribution < 1.29 is 9.53 Å². The van der Waals surface area contributed by atoms with Gasteiger partial charge in [-0.25, -0.2) is 0 Å². The van der Waals surface area contributed by atoms with Crippen LogP contribution in [-0.4, -0.2) is 37.1 Å². The Morgan fingerprint density at radius 3 is 2.30 bits per heavy atom. The third kappa shape index (κ3) is 3.83. The average Bonchev–Trinajstić information content (AvgIpc) is 2.47. The summed E-state index contributed by atoms with van der Waals surface area (Å²) in [6.07, 6.45) is 1.09. The van der Waals surface area contributed by atoms with E-state index in [1.807, 2.05) is 11.8 Å². The zero-order valence-corrected chi connectivity index (χ0v) is 12.8. The number of hydrogen-bond donors (Lipinski definition) is 0. The molecule has 1 heterocycles. The molecule has 0 aliphatic carbocycles. The molecule has 1 fully saturated rings. The van der Waals surface area contributed by atoms with Crippen molar-refractivity contribution >= 4 is 5.91 Å². The maximum Gasteiger partial charge on any atom is 0.229 e. The number of rotatable bonds is 4. The van der Waals surface area contributed by atoms with Gasteiger partial charge in [-0.2, -0.15) is 0 Å². The molecule has 1 aromatic rings. The summed E-state index contributed by atoms with van der Waals surface area (Å²) in [4.78, 5) is 14.3. The molecule has 20 heavy (non-hydrogen) atoms. The Kier molecular flexibility index (Phi) is 5.18. The summed E-state index contributed by atoms with van der Waals surface area (Å²) in [7, 11) is 0. The molecule has 0 saturated carbocycles. The number of morpholine rings is 1. The predicted molar refractivity (Wildman–Crippen MR) is 80.8 cm³/mol. The Morgan fingerprint density at radius 1 is 1.15 bits per heavy atom. The highest BCUT2D eigenvalue weighted by atomic mass is 16.5. The van der Waals surface area contributed by atoms with Crippen LogP contribution in [0.1, 0.15) is 37.8 Å². The topological polar surface area (TPSA) is 29.5 Å². The lowest BCUT2D eigenvalue weighted by molar-refractivity contribution is -0.136. The lowest BCUT2D eigenvalue weighted by atomic mass is 9.96. The van der Waals surface area contributed by atoms with E-state index in [9.17, 15) is 4.79 Å². The van der Waals surface area contributed by atoms with E-state index in [0.29, 0.717) is 32.2 Å². The highest BCUT2D eigenvalue weighted by Crippen LogP contribution is 2.20. The van der Waals surface area contributed by atoms with Crippen molar-refractivity contribution in [3.8, 4) is 0 Å². The van der Waals surface area contributed by atoms with Gasteiger partial charge in [0.2, 0.25) is 5.91 Å². The smallest absolute Gasteiger partial charge is 0.229 e. The molecule has 1 aromatic carbocycles. The van der Waals surface area contributed by atoms with Gasteiger partial charge in [-0.3, -0.25) is 4.79 Å². The maximum absolute atomic E-state index is 12.4. The molecule has 110 valence electrons. The minimum absolute atomic E-state index is 0.0683. The Balaban J connectivity index is 2.00. The molecule has 0 unspecified atom stereocenters. The summed E-state index contributed by atoms with van der Waals surface area (Å²) in [5.41, 5.74) is 2.45. The number of ether oxygens (including phenoxy) is 1. The molecule has 3 nitrogen and oxygen atoms in total. The Bertz CT molecular complexity index is 433. The first kappa shape index (κ1) is 15.0. The van der Waals surface area contributed by atoms with E-state index in [2.05, 4.69) is 38.1 Å². The van der Waals surface area contributed by atoms with E-state index in [4.69, 9.17) is 4.74 Å². The molecule has 2 rings (SSSR count). The van der Waals surface area contributed by atoms with E-state index in [1.165, 1.54) is 5.56 Å². The lowest BCUT2D eigenvalue weighted by Crippen LogP contribution is -2.42. The third-order valence-corrected chi connectivity index (χ3v) is 3.82. The number of carbonyl (C=O) groups excluding carboxylic acids is 1. The monoisotopic (exact) mass is 275 g/mol. The first-order valence-electron chi connectivity index (χ1n) is 7.53. The number of benzene rings is 1. The fourth-order valence-corrected chi connectivity index (χ4v) is 2.61. The van der Waals surface area contributed by atoms with E-state index in [1.54, 1.807) is 0 Å². The fourth-order valence-electron chi connectivity index (χ4n) is 2.61. The number of nitrogens with zero attached hydrogens (tertiary/aromatic N) is 1. The van der Waals surface area contributed by atoms with Gasteiger partial charge in [-0.1, -0.05) is 38.1 Å². The summed E-state index contributed by atoms with van der Waals surface area (Å²) >= 11 is 0. The van der Waals surface area contributed by atoms with E-state index in [-0.39, 0.29) is 11.8 Å². The zero-order chi connectivity index (χ0) is 14.5. The summed E-state index contributed by atoms with van der Waals surface area (Å²) in [6, 6.07) is 8.50. The minimum atomic E-state index is -0.0683. The minimum Gasteiger partial charge on any atom is -0.378 e. The van der Waals surface area contributed by atoms with Crippen LogP contribution >= 0.6 is 0 Å². The van der Waals surface area contributed by atoms with Crippen molar-refractivity contribution in [1.29, 1.82) is 0 Å². The van der Waals surface area contributed by atoms with Crippen molar-refractivity contribution in [2.75, 3.05) is 26.3 Å². The van der Waals surface area contributed by atoms with Gasteiger partial charge in [-0.05, 0) is 30.4 Å². The second-order valence-electron chi connectivity index (χ2n) is 6.00. The molecular formula is C17H25NO2. The quantitative estimate of drug-likeness (QED) is 0.845. The van der Waals surface area contributed by atoms with Gasteiger partial charge in [0.15, 0.2) is 0 Å². The van der Waals surface area contributed by atoms with Gasteiger partial charge < -0.3 is 9.64 Å². The van der Waals surface area contributed by atoms with Crippen LogP contribution in [-0.2, 0) is 16.0 Å². The molecule has 1 saturated heterocycles. The van der Waals surface area contributed by atoms with Crippen molar-refractivity contribution in [1.82, 2.24) is 4.90 Å². The summed E-state index contributed by atoms with van der Waals surface area (Å²) in [5.74, 6) is 0.805. The van der Waals surface area contributed by atoms with Crippen LogP contribution in [0.3, 0.4) is 0 Å². The third-order valence-electron chi connectivity index (χ3n) is 3.82. The standard InChI is InChI=1S/C17H25NO2/c1-13(2)12-15-4-6-16(7-5-15)14(3)17(19)18-8-10-20-11-9-18/h4-7,13-14H,8-12H2,1-3H3/t14-/m1/s1. The average molecular weight is 275 g/mol. The van der Waals surface area contributed by atoms with Gasteiger partial charge in [0.25, 0.3) is 0 Å². The highest BCUT2D eigenvalue weighted by molar-refractivity contribution is 5.83. The number of amides is 1. The summed E-state index contributed by atoms with van der Waals surface area (Å²) < 4.78 is 5.29. The lowest BCUT2D eigenvalue weighted by Gasteiger charge is -2.29. The molecular weight excluding hydrogens is 250 g/mol. The second-order valence-corrected chi connectivity index (χ2v) is 6.00. The first-order chi connectivity index (χ1) is 9.58. The van der Waals surface area contributed by atoms with Gasteiger partial charge in [0, 0.05) is 13.1 Å². The number of carbonyl (C=O) groups is 1. The normalized spacial score (nSPS) is 17.3. The van der Waals surface area contributed by atoms with Crippen LogP contribution in [0.4, 0.5) is 0 Å².